The molecule has 6 aromatic rings. The Bertz CT molecular complexity index is 1850. The second-order valence-corrected chi connectivity index (χ2v) is 10.6. The fraction of sp³-hybridized carbons (Fsp3) is 0.0588. The number of carbonyl (C=O) groups is 1. The van der Waals surface area contributed by atoms with Crippen LogP contribution in [0.5, 0.6) is 5.75 Å². The third-order valence-electron chi connectivity index (χ3n) is 6.96. The molecule has 0 aliphatic carbocycles. The average molecular weight is 604 g/mol. The van der Waals surface area contributed by atoms with E-state index < -0.39 is 0 Å². The van der Waals surface area contributed by atoms with Crippen LogP contribution in [0.1, 0.15) is 21.5 Å². The first-order valence-electron chi connectivity index (χ1n) is 13.3. The van der Waals surface area contributed by atoms with Gasteiger partial charge in [-0.1, -0.05) is 91.0 Å². The Kier molecular flexibility index (Phi) is 7.52. The SMILES string of the molecule is O=C(NCc1cccc(CNc2cc(-c3ccccc3O)cc3c(Br)cnn23)c1)c1ccccc1-c1ccccc1. The van der Waals surface area contributed by atoms with Gasteiger partial charge < -0.3 is 15.7 Å². The lowest BCUT2D eigenvalue weighted by atomic mass is 9.99. The number of anilines is 1. The number of phenols is 1. The number of halogens is 1. The van der Waals surface area contributed by atoms with Gasteiger partial charge in [-0.3, -0.25) is 4.79 Å². The summed E-state index contributed by atoms with van der Waals surface area (Å²) in [7, 11) is 0. The summed E-state index contributed by atoms with van der Waals surface area (Å²) in [5, 5.41) is 21.5. The second kappa shape index (κ2) is 11.7. The molecule has 202 valence electrons. The van der Waals surface area contributed by atoms with Gasteiger partial charge in [-0.15, -0.1) is 0 Å². The first kappa shape index (κ1) is 26.3. The molecule has 0 bridgehead atoms. The molecule has 2 heterocycles. The van der Waals surface area contributed by atoms with E-state index in [4.69, 9.17) is 0 Å². The van der Waals surface area contributed by atoms with E-state index in [0.29, 0.717) is 18.7 Å². The summed E-state index contributed by atoms with van der Waals surface area (Å²) >= 11 is 3.59. The first-order chi connectivity index (χ1) is 20.1. The number of amides is 1. The number of aromatic nitrogens is 2. The van der Waals surface area contributed by atoms with E-state index in [1.165, 1.54) is 0 Å². The molecule has 0 spiro atoms. The van der Waals surface area contributed by atoms with E-state index in [1.807, 2.05) is 108 Å². The smallest absolute Gasteiger partial charge is 0.252 e. The summed E-state index contributed by atoms with van der Waals surface area (Å²) in [5.74, 6) is 0.905. The molecule has 1 amide bonds. The van der Waals surface area contributed by atoms with Crippen LogP contribution in [0.4, 0.5) is 5.82 Å². The molecule has 0 fully saturated rings. The molecule has 0 saturated carbocycles. The van der Waals surface area contributed by atoms with Gasteiger partial charge in [-0.25, -0.2) is 4.52 Å². The first-order valence-corrected chi connectivity index (χ1v) is 14.1. The Hall–Kier alpha value is -4.88. The van der Waals surface area contributed by atoms with Gasteiger partial charge in [0.15, 0.2) is 0 Å². The van der Waals surface area contributed by atoms with Crippen LogP contribution in [0.3, 0.4) is 0 Å². The molecule has 0 saturated heterocycles. The molecular formula is C34H27BrN4O2. The van der Waals surface area contributed by atoms with Gasteiger partial charge in [0.05, 0.1) is 16.2 Å². The predicted octanol–water partition coefficient (Wildman–Crippen LogP) is 7.68. The van der Waals surface area contributed by atoms with Gasteiger partial charge in [-0.2, -0.15) is 5.10 Å². The lowest BCUT2D eigenvalue weighted by Crippen LogP contribution is -2.23. The monoisotopic (exact) mass is 602 g/mol. The number of fused-ring (bicyclic) bond motifs is 1. The molecule has 41 heavy (non-hydrogen) atoms. The van der Waals surface area contributed by atoms with Crippen molar-refractivity contribution in [2.75, 3.05) is 5.32 Å². The molecule has 0 aliphatic heterocycles. The Morgan fingerprint density at radius 3 is 2.27 bits per heavy atom. The van der Waals surface area contributed by atoms with Crippen molar-refractivity contribution in [2.45, 2.75) is 13.1 Å². The summed E-state index contributed by atoms with van der Waals surface area (Å²) in [5.41, 5.74) is 7.15. The van der Waals surface area contributed by atoms with Crippen LogP contribution in [0.25, 0.3) is 27.8 Å². The molecule has 6 nitrogen and oxygen atoms in total. The maximum atomic E-state index is 13.2. The number of para-hydroxylation sites is 1. The van der Waals surface area contributed by atoms with Crippen LogP contribution in [0.2, 0.25) is 0 Å². The van der Waals surface area contributed by atoms with Gasteiger partial charge in [0.25, 0.3) is 5.91 Å². The summed E-state index contributed by atoms with van der Waals surface area (Å²) < 4.78 is 2.70. The highest BCUT2D eigenvalue weighted by Gasteiger charge is 2.14. The van der Waals surface area contributed by atoms with Crippen LogP contribution in [0, 0.1) is 0 Å². The minimum atomic E-state index is -0.111. The molecule has 0 atom stereocenters. The Labute approximate surface area is 246 Å². The summed E-state index contributed by atoms with van der Waals surface area (Å²) in [6, 6.07) is 37.0. The Morgan fingerprint density at radius 2 is 1.46 bits per heavy atom. The van der Waals surface area contributed by atoms with Crippen molar-refractivity contribution in [2.24, 2.45) is 0 Å². The van der Waals surface area contributed by atoms with E-state index >= 15 is 0 Å². The number of rotatable bonds is 8. The van der Waals surface area contributed by atoms with Crippen LogP contribution in [-0.4, -0.2) is 20.6 Å². The third-order valence-corrected chi connectivity index (χ3v) is 7.57. The van der Waals surface area contributed by atoms with Crippen molar-refractivity contribution in [1.82, 2.24) is 14.9 Å². The van der Waals surface area contributed by atoms with Crippen LogP contribution in [-0.2, 0) is 13.1 Å². The van der Waals surface area contributed by atoms with E-state index in [9.17, 15) is 9.90 Å². The fourth-order valence-electron chi connectivity index (χ4n) is 4.93. The number of hydrogen-bond acceptors (Lipinski definition) is 4. The number of benzene rings is 4. The highest BCUT2D eigenvalue weighted by Crippen LogP contribution is 2.33. The number of phenolic OH excluding ortho intramolecular Hbond substituents is 1. The van der Waals surface area contributed by atoms with Crippen molar-refractivity contribution >= 4 is 33.2 Å². The Morgan fingerprint density at radius 1 is 0.756 bits per heavy atom. The zero-order valence-electron chi connectivity index (χ0n) is 22.1. The van der Waals surface area contributed by atoms with Gasteiger partial charge in [-0.05, 0) is 68.0 Å². The minimum absolute atomic E-state index is 0.111. The van der Waals surface area contributed by atoms with Crippen molar-refractivity contribution < 1.29 is 9.90 Å². The number of nitrogens with one attached hydrogen (secondary N) is 2. The zero-order chi connectivity index (χ0) is 28.2. The molecule has 4 aromatic carbocycles. The third kappa shape index (κ3) is 5.71. The van der Waals surface area contributed by atoms with Gasteiger partial charge >= 0.3 is 0 Å². The normalized spacial score (nSPS) is 11.0. The molecule has 3 N–H and O–H groups in total. The van der Waals surface area contributed by atoms with Crippen LogP contribution < -0.4 is 10.6 Å². The minimum Gasteiger partial charge on any atom is -0.507 e. The molecular weight excluding hydrogens is 576 g/mol. The van der Waals surface area contributed by atoms with Gasteiger partial charge in [0.2, 0.25) is 0 Å². The average Bonchev–Trinajstić information content (AvgIpc) is 3.40. The standard InChI is InChI=1S/C34H27BrN4O2/c35-30-22-38-39-31(30)18-26(28-14-6-7-16-32(28)40)19-33(39)36-20-23-9-8-10-24(17-23)21-37-34(41)29-15-5-4-13-27(29)25-11-2-1-3-12-25/h1-19,22,36,40H,20-21H2,(H,37,41). The number of pyridine rings is 1. The zero-order valence-corrected chi connectivity index (χ0v) is 23.7. The summed E-state index contributed by atoms with van der Waals surface area (Å²) in [6.07, 6.45) is 1.76. The molecule has 7 heteroatoms. The van der Waals surface area contributed by atoms with Crippen molar-refractivity contribution in [3.8, 4) is 28.0 Å². The predicted molar refractivity (Wildman–Crippen MR) is 167 cm³/mol. The largest absolute Gasteiger partial charge is 0.507 e. The lowest BCUT2D eigenvalue weighted by Gasteiger charge is -2.13. The van der Waals surface area contributed by atoms with Crippen molar-refractivity contribution in [1.29, 1.82) is 0 Å². The van der Waals surface area contributed by atoms with E-state index in [-0.39, 0.29) is 11.7 Å². The quantitative estimate of drug-likeness (QED) is 0.167. The van der Waals surface area contributed by atoms with Crippen molar-refractivity contribution in [3.63, 3.8) is 0 Å². The molecule has 0 aliphatic rings. The fourth-order valence-corrected chi connectivity index (χ4v) is 5.30. The number of carbonyl (C=O) groups excluding carboxylic acids is 1. The summed E-state index contributed by atoms with van der Waals surface area (Å²) in [4.78, 5) is 13.2. The van der Waals surface area contributed by atoms with Crippen LogP contribution in [0.15, 0.2) is 126 Å². The molecule has 6 rings (SSSR count). The number of nitrogens with zero attached hydrogens (tertiary/aromatic N) is 2. The maximum Gasteiger partial charge on any atom is 0.252 e. The molecule has 0 unspecified atom stereocenters. The molecule has 2 aromatic heterocycles. The van der Waals surface area contributed by atoms with Crippen molar-refractivity contribution in [3.05, 3.63) is 143 Å². The number of hydrogen-bond donors (Lipinski definition) is 3. The summed E-state index contributed by atoms with van der Waals surface area (Å²) in [6.45, 7) is 0.963. The highest BCUT2D eigenvalue weighted by atomic mass is 79.9. The Balaban J connectivity index is 1.18. The molecule has 0 radical (unpaired) electrons. The lowest BCUT2D eigenvalue weighted by molar-refractivity contribution is 0.0951. The van der Waals surface area contributed by atoms with E-state index in [1.54, 1.807) is 12.3 Å². The second-order valence-electron chi connectivity index (χ2n) is 9.70. The maximum absolute atomic E-state index is 13.2. The van der Waals surface area contributed by atoms with E-state index in [0.717, 1.165) is 49.2 Å². The van der Waals surface area contributed by atoms with Gasteiger partial charge in [0.1, 0.15) is 11.6 Å². The topological polar surface area (TPSA) is 78.7 Å². The number of aromatic hydroxyl groups is 1. The van der Waals surface area contributed by atoms with E-state index in [2.05, 4.69) is 37.7 Å². The van der Waals surface area contributed by atoms with Crippen LogP contribution >= 0.6 is 15.9 Å². The highest BCUT2D eigenvalue weighted by molar-refractivity contribution is 9.10. The van der Waals surface area contributed by atoms with Gasteiger partial charge in [0, 0.05) is 24.2 Å².